The Hall–Kier alpha value is -2.09. The molecule has 5 nitrogen and oxygen atoms in total. The first-order valence-corrected chi connectivity index (χ1v) is 5.08. The number of anilines is 1. The van der Waals surface area contributed by atoms with Crippen LogP contribution in [0.4, 0.5) is 5.82 Å². The number of carboxylic acids is 1. The minimum Gasteiger partial charge on any atom is -0.480 e. The van der Waals surface area contributed by atoms with Gasteiger partial charge >= 0.3 is 5.97 Å². The van der Waals surface area contributed by atoms with Gasteiger partial charge in [-0.1, -0.05) is 0 Å². The lowest BCUT2D eigenvalue weighted by Crippen LogP contribution is -2.36. The minimum atomic E-state index is -0.832. The SMILES string of the molecule is N#Cc1ccnc(N2CCC[C@H]2C(=O)O)c1. The van der Waals surface area contributed by atoms with E-state index in [1.54, 1.807) is 17.0 Å². The van der Waals surface area contributed by atoms with E-state index in [0.717, 1.165) is 6.42 Å². The van der Waals surface area contributed by atoms with Gasteiger partial charge in [0.2, 0.25) is 0 Å². The quantitative estimate of drug-likeness (QED) is 0.799. The molecule has 16 heavy (non-hydrogen) atoms. The molecule has 82 valence electrons. The van der Waals surface area contributed by atoms with Crippen LogP contribution < -0.4 is 4.90 Å². The van der Waals surface area contributed by atoms with E-state index in [0.29, 0.717) is 24.3 Å². The first-order valence-electron chi connectivity index (χ1n) is 5.08. The predicted octanol–water partition coefficient (Wildman–Crippen LogP) is 1.01. The summed E-state index contributed by atoms with van der Waals surface area (Å²) in [5, 5.41) is 17.8. The molecule has 1 atom stereocenters. The van der Waals surface area contributed by atoms with E-state index in [4.69, 9.17) is 10.4 Å². The second-order valence-electron chi connectivity index (χ2n) is 3.70. The molecule has 1 aromatic rings. The van der Waals surface area contributed by atoms with Gasteiger partial charge in [-0.25, -0.2) is 9.78 Å². The number of hydrogen-bond donors (Lipinski definition) is 1. The largest absolute Gasteiger partial charge is 0.480 e. The van der Waals surface area contributed by atoms with Crippen molar-refractivity contribution >= 4 is 11.8 Å². The number of rotatable bonds is 2. The molecular formula is C11H11N3O2. The van der Waals surface area contributed by atoms with E-state index in [2.05, 4.69) is 4.98 Å². The van der Waals surface area contributed by atoms with E-state index >= 15 is 0 Å². The Balaban J connectivity index is 2.29. The molecular weight excluding hydrogens is 206 g/mol. The van der Waals surface area contributed by atoms with Crippen LogP contribution in [0.1, 0.15) is 18.4 Å². The lowest BCUT2D eigenvalue weighted by molar-refractivity contribution is -0.138. The number of pyridine rings is 1. The monoisotopic (exact) mass is 217 g/mol. The van der Waals surface area contributed by atoms with Crippen molar-refractivity contribution in [3.05, 3.63) is 23.9 Å². The van der Waals surface area contributed by atoms with Gasteiger partial charge < -0.3 is 10.0 Å². The molecule has 5 heteroatoms. The molecule has 0 aromatic carbocycles. The van der Waals surface area contributed by atoms with Crippen molar-refractivity contribution in [3.8, 4) is 6.07 Å². The van der Waals surface area contributed by atoms with Gasteiger partial charge in [0.1, 0.15) is 11.9 Å². The fourth-order valence-corrected chi connectivity index (χ4v) is 1.94. The molecule has 0 amide bonds. The zero-order valence-electron chi connectivity index (χ0n) is 8.63. The van der Waals surface area contributed by atoms with E-state index < -0.39 is 12.0 Å². The summed E-state index contributed by atoms with van der Waals surface area (Å²) >= 11 is 0. The van der Waals surface area contributed by atoms with Gasteiger partial charge in [0.05, 0.1) is 11.6 Å². The number of carbonyl (C=O) groups is 1. The molecule has 1 aromatic heterocycles. The fourth-order valence-electron chi connectivity index (χ4n) is 1.94. The van der Waals surface area contributed by atoms with Crippen molar-refractivity contribution in [2.24, 2.45) is 0 Å². The maximum absolute atomic E-state index is 11.0. The number of aromatic nitrogens is 1. The molecule has 0 spiro atoms. The molecule has 1 aliphatic heterocycles. The third kappa shape index (κ3) is 1.82. The highest BCUT2D eigenvalue weighted by Gasteiger charge is 2.31. The highest BCUT2D eigenvalue weighted by atomic mass is 16.4. The van der Waals surface area contributed by atoms with Crippen LogP contribution in [0.2, 0.25) is 0 Å². The van der Waals surface area contributed by atoms with Crippen molar-refractivity contribution in [2.45, 2.75) is 18.9 Å². The summed E-state index contributed by atoms with van der Waals surface area (Å²) in [5.74, 6) is -0.259. The van der Waals surface area contributed by atoms with E-state index in [1.807, 2.05) is 6.07 Å². The minimum absolute atomic E-state index is 0.501. The van der Waals surface area contributed by atoms with Crippen LogP contribution in [0.15, 0.2) is 18.3 Å². The third-order valence-electron chi connectivity index (χ3n) is 2.71. The second kappa shape index (κ2) is 4.19. The average Bonchev–Trinajstić information content (AvgIpc) is 2.78. The number of hydrogen-bond acceptors (Lipinski definition) is 4. The van der Waals surface area contributed by atoms with Crippen molar-refractivity contribution < 1.29 is 9.90 Å². The average molecular weight is 217 g/mol. The van der Waals surface area contributed by atoms with Crippen molar-refractivity contribution in [3.63, 3.8) is 0 Å². The summed E-state index contributed by atoms with van der Waals surface area (Å²) < 4.78 is 0. The summed E-state index contributed by atoms with van der Waals surface area (Å²) in [6.45, 7) is 0.679. The van der Waals surface area contributed by atoms with Crippen LogP contribution in [0.3, 0.4) is 0 Å². The van der Waals surface area contributed by atoms with Gasteiger partial charge in [0.25, 0.3) is 0 Å². The van der Waals surface area contributed by atoms with Crippen LogP contribution in [-0.2, 0) is 4.79 Å². The molecule has 0 bridgehead atoms. The summed E-state index contributed by atoms with van der Waals surface area (Å²) in [6, 6.07) is 4.74. The standard InChI is InChI=1S/C11H11N3O2/c12-7-8-3-4-13-10(6-8)14-5-1-2-9(14)11(15)16/h3-4,6,9H,1-2,5H2,(H,15,16)/t9-/m0/s1. The lowest BCUT2D eigenvalue weighted by Gasteiger charge is -2.22. The van der Waals surface area contributed by atoms with Crippen LogP contribution in [0.25, 0.3) is 0 Å². The molecule has 2 rings (SSSR count). The Kier molecular flexibility index (Phi) is 2.73. The summed E-state index contributed by atoms with van der Waals surface area (Å²) in [6.07, 6.45) is 3.01. The maximum Gasteiger partial charge on any atom is 0.326 e. The number of aliphatic carboxylic acids is 1. The van der Waals surface area contributed by atoms with Gasteiger partial charge in [-0.05, 0) is 25.0 Å². The topological polar surface area (TPSA) is 77.2 Å². The first-order chi connectivity index (χ1) is 7.72. The number of carboxylic acid groups (broad SMARTS) is 1. The summed E-state index contributed by atoms with van der Waals surface area (Å²) in [7, 11) is 0. The van der Waals surface area contributed by atoms with E-state index in [1.165, 1.54) is 6.20 Å². The van der Waals surface area contributed by atoms with Crippen LogP contribution in [0.5, 0.6) is 0 Å². The smallest absolute Gasteiger partial charge is 0.326 e. The highest BCUT2D eigenvalue weighted by Crippen LogP contribution is 2.24. The third-order valence-corrected chi connectivity index (χ3v) is 2.71. The van der Waals surface area contributed by atoms with Crippen molar-refractivity contribution in [1.82, 2.24) is 4.98 Å². The second-order valence-corrected chi connectivity index (χ2v) is 3.70. The number of nitrogens with zero attached hydrogens (tertiary/aromatic N) is 3. The van der Waals surface area contributed by atoms with Gasteiger partial charge in [0, 0.05) is 12.7 Å². The maximum atomic E-state index is 11.0. The van der Waals surface area contributed by atoms with Gasteiger partial charge in [-0.3, -0.25) is 0 Å². The zero-order valence-corrected chi connectivity index (χ0v) is 8.63. The molecule has 0 unspecified atom stereocenters. The molecule has 1 fully saturated rings. The van der Waals surface area contributed by atoms with Gasteiger partial charge in [0.15, 0.2) is 0 Å². The van der Waals surface area contributed by atoms with E-state index in [9.17, 15) is 4.79 Å². The molecule has 2 heterocycles. The normalized spacial score (nSPS) is 19.4. The first kappa shape index (κ1) is 10.4. The van der Waals surface area contributed by atoms with Crippen LogP contribution >= 0.6 is 0 Å². The molecule has 0 aliphatic carbocycles. The van der Waals surface area contributed by atoms with Crippen LogP contribution in [-0.4, -0.2) is 28.6 Å². The molecule has 1 saturated heterocycles. The lowest BCUT2D eigenvalue weighted by atomic mass is 10.2. The number of nitriles is 1. The molecule has 1 aliphatic rings. The van der Waals surface area contributed by atoms with E-state index in [-0.39, 0.29) is 0 Å². The Morgan fingerprint density at radius 2 is 2.50 bits per heavy atom. The van der Waals surface area contributed by atoms with Gasteiger partial charge in [-0.2, -0.15) is 5.26 Å². The predicted molar refractivity (Wildman–Crippen MR) is 57.0 cm³/mol. The molecule has 1 N–H and O–H groups in total. The Morgan fingerprint density at radius 3 is 3.19 bits per heavy atom. The van der Waals surface area contributed by atoms with Crippen molar-refractivity contribution in [1.29, 1.82) is 5.26 Å². The molecule has 0 saturated carbocycles. The Morgan fingerprint density at radius 1 is 1.69 bits per heavy atom. The summed E-state index contributed by atoms with van der Waals surface area (Å²) in [5.41, 5.74) is 0.501. The Labute approximate surface area is 92.9 Å². The Bertz CT molecular complexity index is 453. The van der Waals surface area contributed by atoms with Gasteiger partial charge in [-0.15, -0.1) is 0 Å². The molecule has 0 radical (unpaired) electrons. The van der Waals surface area contributed by atoms with Crippen molar-refractivity contribution in [2.75, 3.05) is 11.4 Å². The summed E-state index contributed by atoms with van der Waals surface area (Å²) in [4.78, 5) is 16.9. The highest BCUT2D eigenvalue weighted by molar-refractivity contribution is 5.78. The van der Waals surface area contributed by atoms with Crippen LogP contribution in [0, 0.1) is 11.3 Å². The zero-order chi connectivity index (χ0) is 11.5. The fraction of sp³-hybridized carbons (Fsp3) is 0.364.